The highest BCUT2D eigenvalue weighted by Gasteiger charge is 2.43. The predicted octanol–water partition coefficient (Wildman–Crippen LogP) is 2.16. The van der Waals surface area contributed by atoms with E-state index in [1.807, 2.05) is 13.2 Å². The first-order valence-corrected chi connectivity index (χ1v) is 8.57. The second kappa shape index (κ2) is 6.26. The molecule has 0 unspecified atom stereocenters. The Kier molecular flexibility index (Phi) is 4.14. The third kappa shape index (κ3) is 3.27. The average Bonchev–Trinajstić information content (AvgIpc) is 3.17. The summed E-state index contributed by atoms with van der Waals surface area (Å²) in [6.45, 7) is 1.84. The maximum atomic E-state index is 13.0. The highest BCUT2D eigenvalue weighted by atomic mass is 19.4. The molecule has 1 fully saturated rings. The number of halogens is 3. The largest absolute Gasteiger partial charge is 0.486 e. The standard InChI is InChI=1S/C18H19F3N4O2/c1-23-7-11(6-22-23)8-25-9-14-16(10-25)27-15-4-3-12(18(19,20)21)5-13(15)17(26)24(14)2/h3-7,14,16H,8-10H2,1-2H3/t14-,16+/m1/s1. The molecule has 3 heterocycles. The quantitative estimate of drug-likeness (QED) is 0.801. The molecular weight excluding hydrogens is 361 g/mol. The molecule has 1 aromatic carbocycles. The number of carbonyl (C=O) groups is 1. The van der Waals surface area contributed by atoms with Crippen LogP contribution in [0.2, 0.25) is 0 Å². The number of likely N-dealkylation sites (N-methyl/N-ethyl adjacent to an activating group) is 1. The Labute approximate surface area is 154 Å². The van der Waals surface area contributed by atoms with Crippen molar-refractivity contribution in [2.45, 2.75) is 24.9 Å². The van der Waals surface area contributed by atoms with Crippen LogP contribution in [-0.4, -0.2) is 57.8 Å². The van der Waals surface area contributed by atoms with Crippen molar-refractivity contribution >= 4 is 5.91 Å². The maximum absolute atomic E-state index is 13.0. The molecule has 2 atom stereocenters. The Hall–Kier alpha value is -2.55. The van der Waals surface area contributed by atoms with Crippen LogP contribution >= 0.6 is 0 Å². The molecule has 0 saturated carbocycles. The number of aromatic nitrogens is 2. The van der Waals surface area contributed by atoms with E-state index >= 15 is 0 Å². The number of hydrogen-bond donors (Lipinski definition) is 0. The summed E-state index contributed by atoms with van der Waals surface area (Å²) in [6, 6.07) is 2.85. The van der Waals surface area contributed by atoms with Gasteiger partial charge in [-0.2, -0.15) is 18.3 Å². The van der Waals surface area contributed by atoms with Gasteiger partial charge in [0.05, 0.1) is 23.4 Å². The molecule has 0 spiro atoms. The van der Waals surface area contributed by atoms with E-state index in [1.54, 1.807) is 17.9 Å². The van der Waals surface area contributed by atoms with Gasteiger partial charge in [-0.1, -0.05) is 0 Å². The van der Waals surface area contributed by atoms with E-state index in [9.17, 15) is 18.0 Å². The van der Waals surface area contributed by atoms with Crippen LogP contribution in [-0.2, 0) is 19.8 Å². The fourth-order valence-corrected chi connectivity index (χ4v) is 3.74. The Morgan fingerprint density at radius 2 is 2.04 bits per heavy atom. The fourth-order valence-electron chi connectivity index (χ4n) is 3.74. The molecule has 1 aromatic heterocycles. The third-order valence-corrected chi connectivity index (χ3v) is 5.11. The van der Waals surface area contributed by atoms with E-state index in [4.69, 9.17) is 4.74 Å². The van der Waals surface area contributed by atoms with Gasteiger partial charge in [-0.15, -0.1) is 0 Å². The van der Waals surface area contributed by atoms with Crippen LogP contribution in [0.15, 0.2) is 30.6 Å². The third-order valence-electron chi connectivity index (χ3n) is 5.11. The Morgan fingerprint density at radius 3 is 2.70 bits per heavy atom. The molecule has 9 heteroatoms. The first kappa shape index (κ1) is 17.8. The number of ether oxygens (including phenoxy) is 1. The van der Waals surface area contributed by atoms with Crippen LogP contribution in [0.4, 0.5) is 13.2 Å². The van der Waals surface area contributed by atoms with Crippen LogP contribution in [0, 0.1) is 0 Å². The summed E-state index contributed by atoms with van der Waals surface area (Å²) in [5.74, 6) is -0.248. The summed E-state index contributed by atoms with van der Waals surface area (Å²) in [5, 5.41) is 4.15. The van der Waals surface area contributed by atoms with Crippen molar-refractivity contribution < 1.29 is 22.7 Å². The number of nitrogens with zero attached hydrogens (tertiary/aromatic N) is 4. The number of rotatable bonds is 2. The molecule has 6 nitrogen and oxygen atoms in total. The number of alkyl halides is 3. The van der Waals surface area contributed by atoms with Crippen LogP contribution in [0.5, 0.6) is 5.75 Å². The van der Waals surface area contributed by atoms with E-state index in [0.29, 0.717) is 19.6 Å². The van der Waals surface area contributed by atoms with Crippen molar-refractivity contribution in [3.8, 4) is 5.75 Å². The molecule has 2 aliphatic rings. The lowest BCUT2D eigenvalue weighted by Gasteiger charge is -2.25. The van der Waals surface area contributed by atoms with Gasteiger partial charge in [0.25, 0.3) is 5.91 Å². The lowest BCUT2D eigenvalue weighted by Crippen LogP contribution is -2.44. The Balaban J connectivity index is 1.58. The van der Waals surface area contributed by atoms with Crippen molar-refractivity contribution in [2.75, 3.05) is 20.1 Å². The smallest absolute Gasteiger partial charge is 0.416 e. The minimum Gasteiger partial charge on any atom is -0.486 e. The molecule has 1 amide bonds. The molecule has 4 rings (SSSR count). The average molecular weight is 380 g/mol. The zero-order valence-corrected chi connectivity index (χ0v) is 14.9. The second-order valence-corrected chi connectivity index (χ2v) is 7.06. The lowest BCUT2D eigenvalue weighted by atomic mass is 10.1. The number of carbonyl (C=O) groups excluding carboxylic acids is 1. The molecule has 2 aromatic rings. The zero-order valence-electron chi connectivity index (χ0n) is 14.9. The fraction of sp³-hybridized carbons (Fsp3) is 0.444. The number of amides is 1. The van der Waals surface area contributed by atoms with Gasteiger partial charge in [0, 0.05) is 45.5 Å². The number of hydrogen-bond acceptors (Lipinski definition) is 4. The van der Waals surface area contributed by atoms with E-state index < -0.39 is 17.6 Å². The molecule has 0 bridgehead atoms. The van der Waals surface area contributed by atoms with E-state index in [0.717, 1.165) is 17.7 Å². The molecule has 144 valence electrons. The van der Waals surface area contributed by atoms with Crippen LogP contribution < -0.4 is 4.74 Å². The SMILES string of the molecule is CN1C(=O)c2cc(C(F)(F)F)ccc2O[C@H]2CN(Cc3cnn(C)c3)C[C@H]21. The topological polar surface area (TPSA) is 50.6 Å². The first-order valence-electron chi connectivity index (χ1n) is 8.57. The Morgan fingerprint density at radius 1 is 1.26 bits per heavy atom. The van der Waals surface area contributed by atoms with Gasteiger partial charge in [0.1, 0.15) is 11.9 Å². The van der Waals surface area contributed by atoms with Crippen LogP contribution in [0.3, 0.4) is 0 Å². The van der Waals surface area contributed by atoms with E-state index in [2.05, 4.69) is 10.00 Å². The number of aryl methyl sites for hydroxylation is 1. The number of benzene rings is 1. The van der Waals surface area contributed by atoms with Gasteiger partial charge in [0.15, 0.2) is 0 Å². The summed E-state index contributed by atoms with van der Waals surface area (Å²) >= 11 is 0. The molecule has 2 aliphatic heterocycles. The van der Waals surface area contributed by atoms with Gasteiger partial charge < -0.3 is 9.64 Å². The lowest BCUT2D eigenvalue weighted by molar-refractivity contribution is -0.137. The van der Waals surface area contributed by atoms with Crippen molar-refractivity contribution in [1.29, 1.82) is 0 Å². The van der Waals surface area contributed by atoms with Crippen LogP contribution in [0.25, 0.3) is 0 Å². The normalized spacial score (nSPS) is 23.0. The predicted molar refractivity (Wildman–Crippen MR) is 90.2 cm³/mol. The molecule has 1 saturated heterocycles. The highest BCUT2D eigenvalue weighted by Crippen LogP contribution is 2.36. The van der Waals surface area contributed by atoms with Crippen molar-refractivity contribution in [3.63, 3.8) is 0 Å². The Bertz CT molecular complexity index is 880. The highest BCUT2D eigenvalue weighted by molar-refractivity contribution is 5.97. The monoisotopic (exact) mass is 380 g/mol. The van der Waals surface area contributed by atoms with Crippen molar-refractivity contribution in [2.24, 2.45) is 7.05 Å². The molecule has 0 N–H and O–H groups in total. The maximum Gasteiger partial charge on any atom is 0.416 e. The van der Waals surface area contributed by atoms with Crippen molar-refractivity contribution in [1.82, 2.24) is 19.6 Å². The second-order valence-electron chi connectivity index (χ2n) is 7.06. The molecule has 27 heavy (non-hydrogen) atoms. The zero-order chi connectivity index (χ0) is 19.3. The molecule has 0 aliphatic carbocycles. The number of fused-ring (bicyclic) bond motifs is 2. The van der Waals surface area contributed by atoms with Gasteiger partial charge in [-0.3, -0.25) is 14.4 Å². The van der Waals surface area contributed by atoms with E-state index in [1.165, 1.54) is 11.0 Å². The summed E-state index contributed by atoms with van der Waals surface area (Å²) in [7, 11) is 3.46. The van der Waals surface area contributed by atoms with Gasteiger partial charge in [0.2, 0.25) is 0 Å². The van der Waals surface area contributed by atoms with E-state index in [-0.39, 0.29) is 23.5 Å². The van der Waals surface area contributed by atoms with Gasteiger partial charge in [-0.25, -0.2) is 0 Å². The van der Waals surface area contributed by atoms with Gasteiger partial charge >= 0.3 is 6.18 Å². The minimum absolute atomic E-state index is 0.0412. The van der Waals surface area contributed by atoms with Crippen molar-refractivity contribution in [3.05, 3.63) is 47.3 Å². The number of likely N-dealkylation sites (tertiary alicyclic amines) is 1. The summed E-state index contributed by atoms with van der Waals surface area (Å²) < 4.78 is 46.7. The van der Waals surface area contributed by atoms with Gasteiger partial charge in [-0.05, 0) is 18.2 Å². The first-order chi connectivity index (χ1) is 12.7. The summed E-state index contributed by atoms with van der Waals surface area (Å²) in [4.78, 5) is 16.4. The molecule has 0 radical (unpaired) electrons. The summed E-state index contributed by atoms with van der Waals surface area (Å²) in [5.41, 5.74) is 0.163. The summed E-state index contributed by atoms with van der Waals surface area (Å²) in [6.07, 6.45) is -1.08. The van der Waals surface area contributed by atoms with Crippen LogP contribution in [0.1, 0.15) is 21.5 Å². The molecular formula is C18H19F3N4O2. The minimum atomic E-state index is -4.50.